The number of carbonyl (C=O) groups is 1. The van der Waals surface area contributed by atoms with Crippen molar-refractivity contribution in [1.29, 1.82) is 0 Å². The average molecular weight is 447 g/mol. The average Bonchev–Trinajstić information content (AvgIpc) is 2.83. The Kier molecular flexibility index (Phi) is 4.69. The van der Waals surface area contributed by atoms with Crippen molar-refractivity contribution in [3.8, 4) is 5.75 Å². The number of phenolic OH excluding ortho intramolecular Hbond substituents is 1. The molecule has 0 amide bonds. The van der Waals surface area contributed by atoms with Crippen LogP contribution in [0.3, 0.4) is 0 Å². The van der Waals surface area contributed by atoms with E-state index in [4.69, 9.17) is 5.11 Å². The molecule has 0 aromatic heterocycles. The van der Waals surface area contributed by atoms with Crippen LogP contribution in [0.2, 0.25) is 0 Å². The number of rotatable bonds is 3. The molecular formula is C10H9Br2NO5S2. The lowest BCUT2D eigenvalue weighted by Crippen LogP contribution is -2.41. The topological polar surface area (TPSA) is 94.9 Å². The van der Waals surface area contributed by atoms with Crippen LogP contribution in [-0.2, 0) is 14.8 Å². The summed E-state index contributed by atoms with van der Waals surface area (Å²) in [6, 6.07) is 1.63. The highest BCUT2D eigenvalue weighted by Crippen LogP contribution is 2.38. The minimum Gasteiger partial charge on any atom is -0.505 e. The van der Waals surface area contributed by atoms with Crippen LogP contribution in [0.25, 0.3) is 0 Å². The molecule has 0 bridgehead atoms. The number of hydrogen-bond acceptors (Lipinski definition) is 5. The van der Waals surface area contributed by atoms with Gasteiger partial charge >= 0.3 is 5.97 Å². The standard InChI is InChI=1S/C10H9Br2NO5S2/c11-5-1-6(12)9(14)8(2-5)20(17,18)13-4-19-3-7(13)10(15)16/h1-2,7,14H,3-4H2,(H,15,16)/t7-/m0/s1. The van der Waals surface area contributed by atoms with Gasteiger partial charge in [-0.2, -0.15) is 4.31 Å². The van der Waals surface area contributed by atoms with Gasteiger partial charge in [-0.3, -0.25) is 4.79 Å². The van der Waals surface area contributed by atoms with E-state index >= 15 is 0 Å². The number of halogens is 2. The number of carboxylic acid groups (broad SMARTS) is 1. The second-order valence-electron chi connectivity index (χ2n) is 3.98. The van der Waals surface area contributed by atoms with Crippen molar-refractivity contribution in [2.75, 3.05) is 11.6 Å². The maximum absolute atomic E-state index is 12.5. The largest absolute Gasteiger partial charge is 0.505 e. The SMILES string of the molecule is O=C(O)[C@@H]1CSCN1S(=O)(=O)c1cc(Br)cc(Br)c1O. The van der Waals surface area contributed by atoms with E-state index in [1.807, 2.05) is 0 Å². The van der Waals surface area contributed by atoms with Gasteiger partial charge in [0.2, 0.25) is 10.0 Å². The molecule has 6 nitrogen and oxygen atoms in total. The van der Waals surface area contributed by atoms with Gasteiger partial charge in [-0.15, -0.1) is 11.8 Å². The van der Waals surface area contributed by atoms with Gasteiger partial charge < -0.3 is 10.2 Å². The summed E-state index contributed by atoms with van der Waals surface area (Å²) < 4.78 is 26.6. The Morgan fingerprint density at radius 2 is 2.05 bits per heavy atom. The number of sulfonamides is 1. The molecule has 1 saturated heterocycles. The summed E-state index contributed by atoms with van der Waals surface area (Å²) in [5.74, 6) is -1.41. The van der Waals surface area contributed by atoms with Gasteiger partial charge in [0.1, 0.15) is 16.7 Å². The molecule has 20 heavy (non-hydrogen) atoms. The Bertz CT molecular complexity index is 664. The van der Waals surface area contributed by atoms with E-state index in [0.29, 0.717) is 4.47 Å². The number of aromatic hydroxyl groups is 1. The molecule has 1 aliphatic heterocycles. The van der Waals surface area contributed by atoms with Crippen molar-refractivity contribution in [2.45, 2.75) is 10.9 Å². The highest BCUT2D eigenvalue weighted by Gasteiger charge is 2.41. The number of carboxylic acids is 1. The summed E-state index contributed by atoms with van der Waals surface area (Å²) in [7, 11) is -4.09. The summed E-state index contributed by atoms with van der Waals surface area (Å²) in [4.78, 5) is 10.8. The third kappa shape index (κ3) is 2.84. The molecule has 0 unspecified atom stereocenters. The van der Waals surface area contributed by atoms with Crippen molar-refractivity contribution in [3.05, 3.63) is 21.1 Å². The quantitative estimate of drug-likeness (QED) is 0.737. The van der Waals surface area contributed by atoms with Crippen LogP contribution in [0.15, 0.2) is 26.0 Å². The van der Waals surface area contributed by atoms with E-state index in [0.717, 1.165) is 4.31 Å². The highest BCUT2D eigenvalue weighted by molar-refractivity contribution is 9.11. The molecule has 0 aliphatic carbocycles. The molecule has 1 heterocycles. The Balaban J connectivity index is 2.53. The van der Waals surface area contributed by atoms with Gasteiger partial charge in [-0.1, -0.05) is 15.9 Å². The lowest BCUT2D eigenvalue weighted by atomic mass is 10.3. The minimum absolute atomic E-state index is 0.0445. The fourth-order valence-electron chi connectivity index (χ4n) is 1.72. The second kappa shape index (κ2) is 5.84. The van der Waals surface area contributed by atoms with Gasteiger partial charge in [-0.05, 0) is 28.1 Å². The molecule has 1 aliphatic rings. The first-order valence-corrected chi connectivity index (χ1v) is 9.43. The zero-order valence-corrected chi connectivity index (χ0v) is 14.6. The van der Waals surface area contributed by atoms with Crippen molar-refractivity contribution in [1.82, 2.24) is 4.31 Å². The zero-order valence-electron chi connectivity index (χ0n) is 9.79. The molecule has 1 aromatic rings. The number of benzene rings is 1. The summed E-state index contributed by atoms with van der Waals surface area (Å²) in [5.41, 5.74) is 0. The summed E-state index contributed by atoms with van der Waals surface area (Å²) in [6.45, 7) is 0. The van der Waals surface area contributed by atoms with Crippen LogP contribution in [0, 0.1) is 0 Å². The monoisotopic (exact) mass is 445 g/mol. The Hall–Kier alpha value is -0.290. The van der Waals surface area contributed by atoms with E-state index in [1.165, 1.54) is 23.9 Å². The third-order valence-electron chi connectivity index (χ3n) is 2.71. The van der Waals surface area contributed by atoms with Crippen molar-refractivity contribution >= 4 is 59.6 Å². The molecule has 110 valence electrons. The molecule has 10 heteroatoms. The zero-order chi connectivity index (χ0) is 15.1. The molecule has 1 aromatic carbocycles. The van der Waals surface area contributed by atoms with Crippen LogP contribution in [0.4, 0.5) is 0 Å². The molecule has 1 atom stereocenters. The Labute approximate surface area is 136 Å². The number of thioether (sulfide) groups is 1. The van der Waals surface area contributed by atoms with Crippen molar-refractivity contribution in [3.63, 3.8) is 0 Å². The van der Waals surface area contributed by atoms with Crippen LogP contribution >= 0.6 is 43.6 Å². The predicted octanol–water partition coefficient (Wildman–Crippen LogP) is 2.07. The van der Waals surface area contributed by atoms with Gasteiger partial charge in [0, 0.05) is 10.2 Å². The Morgan fingerprint density at radius 3 is 2.65 bits per heavy atom. The van der Waals surface area contributed by atoms with E-state index in [2.05, 4.69) is 31.9 Å². The molecular weight excluding hydrogens is 438 g/mol. The van der Waals surface area contributed by atoms with Crippen LogP contribution in [-0.4, -0.2) is 46.6 Å². The maximum Gasteiger partial charge on any atom is 0.322 e. The van der Waals surface area contributed by atoms with E-state index < -0.39 is 27.8 Å². The third-order valence-corrected chi connectivity index (χ3v) is 6.81. The molecule has 1 fully saturated rings. The van der Waals surface area contributed by atoms with Gasteiger partial charge in [-0.25, -0.2) is 8.42 Å². The smallest absolute Gasteiger partial charge is 0.322 e. The van der Waals surface area contributed by atoms with E-state index in [9.17, 15) is 18.3 Å². The lowest BCUT2D eigenvalue weighted by molar-refractivity contribution is -0.140. The predicted molar refractivity (Wildman–Crippen MR) is 81.3 cm³/mol. The molecule has 2 rings (SSSR count). The van der Waals surface area contributed by atoms with Gasteiger partial charge in [0.05, 0.1) is 10.3 Å². The molecule has 0 spiro atoms. The number of aliphatic carboxylic acids is 1. The van der Waals surface area contributed by atoms with E-state index in [1.54, 1.807) is 0 Å². The lowest BCUT2D eigenvalue weighted by Gasteiger charge is -2.21. The maximum atomic E-state index is 12.5. The first kappa shape index (κ1) is 16.1. The van der Waals surface area contributed by atoms with Crippen LogP contribution in [0.1, 0.15) is 0 Å². The first-order valence-electron chi connectivity index (χ1n) is 5.25. The number of phenols is 1. The van der Waals surface area contributed by atoms with Crippen LogP contribution in [0.5, 0.6) is 5.75 Å². The Morgan fingerprint density at radius 1 is 1.40 bits per heavy atom. The second-order valence-corrected chi connectivity index (χ2v) is 8.61. The molecule has 2 N–H and O–H groups in total. The normalized spacial score (nSPS) is 20.2. The highest BCUT2D eigenvalue weighted by atomic mass is 79.9. The van der Waals surface area contributed by atoms with Gasteiger partial charge in [0.15, 0.2) is 0 Å². The van der Waals surface area contributed by atoms with Crippen molar-refractivity contribution < 1.29 is 23.4 Å². The van der Waals surface area contributed by atoms with Crippen LogP contribution < -0.4 is 0 Å². The van der Waals surface area contributed by atoms with Gasteiger partial charge in [0.25, 0.3) is 0 Å². The number of nitrogens with zero attached hydrogens (tertiary/aromatic N) is 1. The fraction of sp³-hybridized carbons (Fsp3) is 0.300. The molecule has 0 saturated carbocycles. The van der Waals surface area contributed by atoms with E-state index in [-0.39, 0.29) is 21.0 Å². The minimum atomic E-state index is -4.09. The summed E-state index contributed by atoms with van der Waals surface area (Å²) in [5, 5.41) is 19.0. The summed E-state index contributed by atoms with van der Waals surface area (Å²) >= 11 is 7.42. The van der Waals surface area contributed by atoms with Crippen molar-refractivity contribution in [2.24, 2.45) is 0 Å². The molecule has 0 radical (unpaired) electrons. The first-order chi connectivity index (χ1) is 9.25. The fourth-order valence-corrected chi connectivity index (χ4v) is 6.50. The number of hydrogen-bond donors (Lipinski definition) is 2. The summed E-state index contributed by atoms with van der Waals surface area (Å²) in [6.07, 6.45) is 0.